The molecule has 0 fully saturated rings. The molecule has 0 aliphatic rings. The molecule has 0 aliphatic heterocycles. The molecule has 0 saturated heterocycles. The van der Waals surface area contributed by atoms with E-state index in [1.165, 1.54) is 0 Å². The first-order chi connectivity index (χ1) is 2.73. The highest BCUT2D eigenvalue weighted by Gasteiger charge is 1.53. The summed E-state index contributed by atoms with van der Waals surface area (Å²) >= 11 is 4.09. The topological polar surface area (TPSA) is 69.1 Å². The molecule has 0 aromatic rings. The Morgan fingerprint density at radius 3 is 1.50 bits per heavy atom. The average molecular weight is 106 g/mol. The lowest BCUT2D eigenvalue weighted by atomic mass is 11.3. The van der Waals surface area contributed by atoms with E-state index in [0.29, 0.717) is 0 Å². The van der Waals surface area contributed by atoms with Crippen molar-refractivity contribution in [1.82, 2.24) is 0 Å². The Morgan fingerprint density at radius 1 is 1.50 bits per heavy atom. The molecule has 0 rings (SSSR count). The van der Waals surface area contributed by atoms with Gasteiger partial charge in [-0.3, -0.25) is 0 Å². The fraction of sp³-hybridized carbons (Fsp3) is 0. The zero-order valence-corrected chi connectivity index (χ0v) is 3.99. The van der Waals surface area contributed by atoms with E-state index in [0.717, 1.165) is 0 Å². The van der Waals surface area contributed by atoms with Crippen molar-refractivity contribution in [2.75, 3.05) is 0 Å². The second-order valence-electron chi connectivity index (χ2n) is 0.402. The maximum absolute atomic E-state index is 8.00. The van der Waals surface area contributed by atoms with Crippen LogP contribution in [0, 0.1) is 0 Å². The van der Waals surface area contributed by atoms with Gasteiger partial charge in [-0.1, -0.05) is 0 Å². The average Bonchev–Trinajstić information content (AvgIpc) is 1.41. The lowest BCUT2D eigenvalue weighted by molar-refractivity contribution is -0.0979. The summed E-state index contributed by atoms with van der Waals surface area (Å²) in [4.78, 5) is 8.00. The van der Waals surface area contributed by atoms with E-state index in [-0.39, 0.29) is 5.11 Å². The third kappa shape index (κ3) is 45.7. The first-order valence-corrected chi connectivity index (χ1v) is 1.48. The molecule has 3 nitrogen and oxygen atoms in total. The van der Waals surface area contributed by atoms with E-state index in [9.17, 15) is 0 Å². The standard InChI is InChI=1S/CH4N2S.CH2O/c2-1(3)4;1-2/h(H4,2,3,4);1H2. The van der Waals surface area contributed by atoms with E-state index in [2.05, 4.69) is 23.7 Å². The third-order valence-electron chi connectivity index (χ3n) is 0. The predicted molar refractivity (Wildman–Crippen MR) is 28.1 cm³/mol. The largest absolute Gasteiger partial charge is 0.377 e. The first-order valence-electron chi connectivity index (χ1n) is 1.07. The van der Waals surface area contributed by atoms with Gasteiger partial charge >= 0.3 is 0 Å². The van der Waals surface area contributed by atoms with Gasteiger partial charge < -0.3 is 16.3 Å². The number of carbonyl (C=O) groups is 1. The van der Waals surface area contributed by atoms with Gasteiger partial charge in [0.05, 0.1) is 0 Å². The van der Waals surface area contributed by atoms with Gasteiger partial charge in [0.1, 0.15) is 6.79 Å². The van der Waals surface area contributed by atoms with E-state index in [1.54, 1.807) is 0 Å². The van der Waals surface area contributed by atoms with Crippen molar-refractivity contribution < 1.29 is 4.79 Å². The van der Waals surface area contributed by atoms with E-state index < -0.39 is 0 Å². The summed E-state index contributed by atoms with van der Waals surface area (Å²) in [6.07, 6.45) is 0. The zero-order chi connectivity index (χ0) is 5.58. The molecule has 0 spiro atoms. The molecule has 0 bridgehead atoms. The number of thiocarbonyl (C=S) groups is 1. The summed E-state index contributed by atoms with van der Waals surface area (Å²) in [7, 11) is 0. The number of carbonyl (C=O) groups excluding carboxylic acids is 1. The Labute approximate surface area is 41.3 Å². The summed E-state index contributed by atoms with van der Waals surface area (Å²) in [6, 6.07) is 0. The highest BCUT2D eigenvalue weighted by atomic mass is 32.1. The number of hydrogen-bond donors (Lipinski definition) is 2. The maximum atomic E-state index is 8.00. The Kier molecular flexibility index (Phi) is 13.3. The molecule has 0 aromatic carbocycles. The van der Waals surface area contributed by atoms with Crippen LogP contribution in [0.2, 0.25) is 0 Å². The van der Waals surface area contributed by atoms with Crippen molar-refractivity contribution in [2.24, 2.45) is 11.5 Å². The molecule has 0 heterocycles. The van der Waals surface area contributed by atoms with Crippen LogP contribution in [-0.4, -0.2) is 11.9 Å². The molecule has 0 saturated carbocycles. The van der Waals surface area contributed by atoms with Gasteiger partial charge in [0.2, 0.25) is 0 Å². The van der Waals surface area contributed by atoms with Crippen molar-refractivity contribution >= 4 is 24.1 Å². The molecule has 0 amide bonds. The van der Waals surface area contributed by atoms with Crippen LogP contribution in [0.15, 0.2) is 0 Å². The summed E-state index contributed by atoms with van der Waals surface area (Å²) < 4.78 is 0. The molecule has 0 aliphatic carbocycles. The van der Waals surface area contributed by atoms with Crippen molar-refractivity contribution in [2.45, 2.75) is 0 Å². The number of nitrogens with two attached hydrogens (primary N) is 2. The first kappa shape index (κ1) is 9.03. The smallest absolute Gasteiger partial charge is 0.160 e. The minimum absolute atomic E-state index is 0.000000000000000222. The van der Waals surface area contributed by atoms with Crippen LogP contribution in [-0.2, 0) is 4.79 Å². The molecule has 4 heteroatoms. The SMILES string of the molecule is C=O.NC(N)=S. The van der Waals surface area contributed by atoms with Gasteiger partial charge in [-0.05, 0) is 12.2 Å². The minimum Gasteiger partial charge on any atom is -0.377 e. The van der Waals surface area contributed by atoms with Gasteiger partial charge in [-0.25, -0.2) is 0 Å². The molecular formula is C2H6N2OS. The summed E-state index contributed by atoms with van der Waals surface area (Å²) in [5, 5.41) is 0.000000000000000222. The van der Waals surface area contributed by atoms with Crippen LogP contribution in [0.1, 0.15) is 0 Å². The second-order valence-corrected chi connectivity index (χ2v) is 0.874. The van der Waals surface area contributed by atoms with Crippen LogP contribution in [0.5, 0.6) is 0 Å². The normalized spacial score (nSPS) is 4.67. The predicted octanol–water partition coefficient (Wildman–Crippen LogP) is -0.996. The lowest BCUT2D eigenvalue weighted by Gasteiger charge is -1.68. The fourth-order valence-electron chi connectivity index (χ4n) is 0. The zero-order valence-electron chi connectivity index (χ0n) is 3.18. The van der Waals surface area contributed by atoms with Crippen molar-refractivity contribution in [1.29, 1.82) is 0 Å². The van der Waals surface area contributed by atoms with Gasteiger partial charge in [-0.15, -0.1) is 0 Å². The molecule has 0 unspecified atom stereocenters. The van der Waals surface area contributed by atoms with Crippen LogP contribution in [0.4, 0.5) is 0 Å². The number of rotatable bonds is 0. The van der Waals surface area contributed by atoms with E-state index in [1.807, 2.05) is 6.79 Å². The van der Waals surface area contributed by atoms with Crippen LogP contribution in [0.25, 0.3) is 0 Å². The quantitative estimate of drug-likeness (QED) is 0.389. The Balaban J connectivity index is 0. The summed E-state index contributed by atoms with van der Waals surface area (Å²) in [6.45, 7) is 2.00. The fourth-order valence-corrected chi connectivity index (χ4v) is 0. The molecule has 4 N–H and O–H groups in total. The van der Waals surface area contributed by atoms with Crippen LogP contribution >= 0.6 is 12.2 Å². The van der Waals surface area contributed by atoms with Crippen LogP contribution in [0.3, 0.4) is 0 Å². The van der Waals surface area contributed by atoms with Gasteiger partial charge in [0.25, 0.3) is 0 Å². The van der Waals surface area contributed by atoms with E-state index in [4.69, 9.17) is 4.79 Å². The molecule has 6 heavy (non-hydrogen) atoms. The molecule has 0 aromatic heterocycles. The molecular weight excluding hydrogens is 100 g/mol. The summed E-state index contributed by atoms with van der Waals surface area (Å²) in [5.41, 5.74) is 9.24. The highest BCUT2D eigenvalue weighted by molar-refractivity contribution is 7.80. The van der Waals surface area contributed by atoms with Gasteiger partial charge in [0.15, 0.2) is 5.11 Å². The molecule has 0 radical (unpaired) electrons. The van der Waals surface area contributed by atoms with Gasteiger partial charge in [0, 0.05) is 0 Å². The monoisotopic (exact) mass is 106 g/mol. The third-order valence-corrected chi connectivity index (χ3v) is 0. The van der Waals surface area contributed by atoms with Gasteiger partial charge in [-0.2, -0.15) is 0 Å². The number of hydrogen-bond acceptors (Lipinski definition) is 2. The van der Waals surface area contributed by atoms with Crippen LogP contribution < -0.4 is 11.5 Å². The maximum Gasteiger partial charge on any atom is 0.160 e. The molecule has 36 valence electrons. The second kappa shape index (κ2) is 8.84. The van der Waals surface area contributed by atoms with Crippen molar-refractivity contribution in [3.05, 3.63) is 0 Å². The lowest BCUT2D eigenvalue weighted by Crippen LogP contribution is -2.18. The minimum atomic E-state index is 0.000000000000000222. The summed E-state index contributed by atoms with van der Waals surface area (Å²) in [5.74, 6) is 0. The Bertz CT molecular complexity index is 42.8. The van der Waals surface area contributed by atoms with E-state index >= 15 is 0 Å². The Morgan fingerprint density at radius 2 is 1.50 bits per heavy atom. The molecule has 0 atom stereocenters. The highest BCUT2D eigenvalue weighted by Crippen LogP contribution is 1.32. The van der Waals surface area contributed by atoms with Crippen molar-refractivity contribution in [3.8, 4) is 0 Å². The van der Waals surface area contributed by atoms with Crippen molar-refractivity contribution in [3.63, 3.8) is 0 Å². The Hall–Kier alpha value is -0.640.